The molecule has 0 radical (unpaired) electrons. The summed E-state index contributed by atoms with van der Waals surface area (Å²) in [6.07, 6.45) is 2.50. The third-order valence-electron chi connectivity index (χ3n) is 2.57. The summed E-state index contributed by atoms with van der Waals surface area (Å²) >= 11 is 3.25. The number of nitrogens with zero attached hydrogens (tertiary/aromatic N) is 2. The minimum atomic E-state index is -3.61. The molecule has 0 aliphatic carbocycles. The van der Waals surface area contributed by atoms with Crippen molar-refractivity contribution in [3.05, 3.63) is 12.0 Å². The summed E-state index contributed by atoms with van der Waals surface area (Å²) in [7, 11) is -2.07. The van der Waals surface area contributed by atoms with Crippen molar-refractivity contribution >= 4 is 26.0 Å². The highest BCUT2D eigenvalue weighted by molar-refractivity contribution is 9.09. The van der Waals surface area contributed by atoms with Crippen molar-refractivity contribution in [3.63, 3.8) is 0 Å². The number of aryl methyl sites for hydroxylation is 2. The molecule has 0 aliphatic rings. The van der Waals surface area contributed by atoms with E-state index in [-0.39, 0.29) is 11.1 Å². The van der Waals surface area contributed by atoms with Crippen LogP contribution < -0.4 is 4.72 Å². The van der Waals surface area contributed by atoms with Crippen LogP contribution in [-0.2, 0) is 21.3 Å². The van der Waals surface area contributed by atoms with Gasteiger partial charge in [-0.2, -0.15) is 0 Å². The number of ether oxygens (including phenoxy) is 1. The molecule has 1 atom stereocenters. The van der Waals surface area contributed by atoms with Gasteiger partial charge in [-0.15, -0.1) is 0 Å². The van der Waals surface area contributed by atoms with E-state index in [9.17, 15) is 8.42 Å². The molecule has 1 aromatic rings. The van der Waals surface area contributed by atoms with Crippen molar-refractivity contribution < 1.29 is 13.2 Å². The molecule has 1 heterocycles. The lowest BCUT2D eigenvalue weighted by atomic mass is 10.4. The van der Waals surface area contributed by atoms with Crippen LogP contribution in [0.1, 0.15) is 19.2 Å². The van der Waals surface area contributed by atoms with Gasteiger partial charge in [0.25, 0.3) is 10.0 Å². The first-order valence-electron chi connectivity index (χ1n) is 6.05. The largest absolute Gasteiger partial charge is 0.383 e. The number of rotatable bonds is 8. The summed E-state index contributed by atoms with van der Waals surface area (Å²) in [6.45, 7) is 4.89. The molecule has 0 aliphatic heterocycles. The Hall–Kier alpha value is -0.440. The van der Waals surface area contributed by atoms with E-state index in [1.807, 2.05) is 11.5 Å². The standard InChI is InChI=1S/C11H20BrN3O3S/c1-4-5-15-7-11(13-9(15)2)19(16,17)14-10(6-12)8-18-3/h7,10,14H,4-6,8H2,1-3H3. The van der Waals surface area contributed by atoms with Crippen molar-refractivity contribution in [2.45, 2.75) is 37.9 Å². The highest BCUT2D eigenvalue weighted by Gasteiger charge is 2.22. The van der Waals surface area contributed by atoms with E-state index < -0.39 is 10.0 Å². The predicted octanol–water partition coefficient (Wildman–Crippen LogP) is 1.29. The van der Waals surface area contributed by atoms with Gasteiger partial charge in [-0.05, 0) is 13.3 Å². The Bertz CT molecular complexity index is 501. The molecule has 6 nitrogen and oxygen atoms in total. The van der Waals surface area contributed by atoms with Crippen LogP contribution in [0.4, 0.5) is 0 Å². The molecule has 0 aromatic carbocycles. The van der Waals surface area contributed by atoms with Crippen LogP contribution in [0.15, 0.2) is 11.2 Å². The maximum Gasteiger partial charge on any atom is 0.259 e. The Morgan fingerprint density at radius 2 is 2.26 bits per heavy atom. The van der Waals surface area contributed by atoms with Gasteiger partial charge in [0, 0.05) is 25.2 Å². The van der Waals surface area contributed by atoms with Crippen molar-refractivity contribution in [2.75, 3.05) is 19.0 Å². The maximum absolute atomic E-state index is 12.2. The highest BCUT2D eigenvalue weighted by atomic mass is 79.9. The lowest BCUT2D eigenvalue weighted by molar-refractivity contribution is 0.182. The smallest absolute Gasteiger partial charge is 0.259 e. The Morgan fingerprint density at radius 3 is 2.79 bits per heavy atom. The van der Waals surface area contributed by atoms with Gasteiger partial charge in [0.15, 0.2) is 5.03 Å². The molecule has 0 saturated carbocycles. The molecule has 0 bridgehead atoms. The van der Waals surface area contributed by atoms with Crippen molar-refractivity contribution in [1.82, 2.24) is 14.3 Å². The minimum Gasteiger partial charge on any atom is -0.383 e. The molecule has 0 saturated heterocycles. The van der Waals surface area contributed by atoms with E-state index in [2.05, 4.69) is 25.6 Å². The molecular formula is C11H20BrN3O3S. The molecule has 1 unspecified atom stereocenters. The fourth-order valence-corrected chi connectivity index (χ4v) is 3.46. The first kappa shape index (κ1) is 16.6. The van der Waals surface area contributed by atoms with Gasteiger partial charge in [0.1, 0.15) is 5.82 Å². The minimum absolute atomic E-state index is 0.0560. The number of nitrogens with one attached hydrogen (secondary N) is 1. The number of imidazole rings is 1. The van der Waals surface area contributed by atoms with E-state index in [4.69, 9.17) is 4.74 Å². The van der Waals surface area contributed by atoms with Crippen LogP contribution >= 0.6 is 15.9 Å². The number of alkyl halides is 1. The normalized spacial score (nSPS) is 13.7. The van der Waals surface area contributed by atoms with Gasteiger partial charge in [0.2, 0.25) is 0 Å². The number of aromatic nitrogens is 2. The lowest BCUT2D eigenvalue weighted by Gasteiger charge is -2.13. The SMILES string of the molecule is CCCn1cc(S(=O)(=O)NC(CBr)COC)nc1C. The topological polar surface area (TPSA) is 73.2 Å². The van der Waals surface area contributed by atoms with Crippen molar-refractivity contribution in [3.8, 4) is 0 Å². The molecule has 1 rings (SSSR count). The summed E-state index contributed by atoms with van der Waals surface area (Å²) in [5, 5.41) is 0.537. The molecule has 0 fully saturated rings. The summed E-state index contributed by atoms with van der Waals surface area (Å²) in [4.78, 5) is 4.10. The van der Waals surface area contributed by atoms with Gasteiger partial charge in [0.05, 0.1) is 12.6 Å². The second-order valence-corrected chi connectivity index (χ2v) is 6.56. The van der Waals surface area contributed by atoms with Gasteiger partial charge in [-0.3, -0.25) is 0 Å². The zero-order chi connectivity index (χ0) is 14.5. The van der Waals surface area contributed by atoms with E-state index >= 15 is 0 Å². The van der Waals surface area contributed by atoms with Gasteiger partial charge >= 0.3 is 0 Å². The third-order valence-corrected chi connectivity index (χ3v) is 4.74. The highest BCUT2D eigenvalue weighted by Crippen LogP contribution is 2.11. The monoisotopic (exact) mass is 353 g/mol. The Kier molecular flexibility index (Phi) is 6.45. The van der Waals surface area contributed by atoms with Crippen LogP contribution in [-0.4, -0.2) is 43.1 Å². The molecule has 0 spiro atoms. The zero-order valence-electron chi connectivity index (χ0n) is 11.4. The third kappa shape index (κ3) is 4.55. The van der Waals surface area contributed by atoms with Gasteiger partial charge in [-0.1, -0.05) is 22.9 Å². The van der Waals surface area contributed by atoms with Crippen LogP contribution in [0, 0.1) is 6.92 Å². The van der Waals surface area contributed by atoms with Gasteiger partial charge < -0.3 is 9.30 Å². The first-order chi connectivity index (χ1) is 8.94. The quantitative estimate of drug-likeness (QED) is 0.714. The number of hydrogen-bond donors (Lipinski definition) is 1. The van der Waals surface area contributed by atoms with Crippen molar-refractivity contribution in [1.29, 1.82) is 0 Å². The van der Waals surface area contributed by atoms with Crippen LogP contribution in [0.25, 0.3) is 0 Å². The predicted molar refractivity (Wildman–Crippen MR) is 77.0 cm³/mol. The van der Waals surface area contributed by atoms with Gasteiger partial charge in [-0.25, -0.2) is 18.1 Å². The maximum atomic E-state index is 12.2. The fourth-order valence-electron chi connectivity index (χ4n) is 1.67. The molecular weight excluding hydrogens is 334 g/mol. The average molecular weight is 354 g/mol. The van der Waals surface area contributed by atoms with E-state index in [0.717, 1.165) is 13.0 Å². The number of halogens is 1. The van der Waals surface area contributed by atoms with E-state index in [1.54, 1.807) is 13.1 Å². The second kappa shape index (κ2) is 7.37. The van der Waals surface area contributed by atoms with Crippen LogP contribution in [0.3, 0.4) is 0 Å². The molecule has 1 aromatic heterocycles. The summed E-state index contributed by atoms with van der Waals surface area (Å²) in [6, 6.07) is -0.313. The Balaban J connectivity index is 2.90. The molecule has 8 heteroatoms. The van der Waals surface area contributed by atoms with Crippen LogP contribution in [0.2, 0.25) is 0 Å². The molecule has 19 heavy (non-hydrogen) atoms. The molecule has 0 amide bonds. The number of methoxy groups -OCH3 is 1. The van der Waals surface area contributed by atoms with E-state index in [0.29, 0.717) is 17.8 Å². The summed E-state index contributed by atoms with van der Waals surface area (Å²) in [5.74, 6) is 0.698. The number of sulfonamides is 1. The molecule has 110 valence electrons. The Morgan fingerprint density at radius 1 is 1.58 bits per heavy atom. The molecule has 1 N–H and O–H groups in total. The van der Waals surface area contributed by atoms with E-state index in [1.165, 1.54) is 7.11 Å². The Labute approximate surface area is 122 Å². The first-order valence-corrected chi connectivity index (χ1v) is 8.66. The lowest BCUT2D eigenvalue weighted by Crippen LogP contribution is -2.39. The fraction of sp³-hybridized carbons (Fsp3) is 0.727. The van der Waals surface area contributed by atoms with Crippen molar-refractivity contribution in [2.24, 2.45) is 0 Å². The number of hydrogen-bond acceptors (Lipinski definition) is 4. The average Bonchev–Trinajstić information content (AvgIpc) is 2.72. The van der Waals surface area contributed by atoms with Crippen LogP contribution in [0.5, 0.6) is 0 Å². The second-order valence-electron chi connectivity index (χ2n) is 4.25. The summed E-state index contributed by atoms with van der Waals surface area (Å²) in [5.41, 5.74) is 0. The summed E-state index contributed by atoms with van der Waals surface area (Å²) < 4.78 is 33.7. The zero-order valence-corrected chi connectivity index (χ0v) is 13.8.